The van der Waals surface area contributed by atoms with E-state index in [1.165, 1.54) is 16.8 Å². The highest BCUT2D eigenvalue weighted by atomic mass is 35.5. The number of rotatable bonds is 8. The molecule has 1 heterocycles. The van der Waals surface area contributed by atoms with Gasteiger partial charge in [-0.3, -0.25) is 9.59 Å². The number of carbonyl (C=O) groups is 1. The summed E-state index contributed by atoms with van der Waals surface area (Å²) in [7, 11) is 0. The summed E-state index contributed by atoms with van der Waals surface area (Å²) in [6.07, 6.45) is -0.828. The van der Waals surface area contributed by atoms with Crippen molar-refractivity contribution in [1.29, 1.82) is 0 Å². The number of halogens is 1. The molecule has 7 nitrogen and oxygen atoms in total. The number of amides is 1. The minimum absolute atomic E-state index is 0.158. The largest absolute Gasteiger partial charge is 0.463 e. The zero-order chi connectivity index (χ0) is 24.1. The van der Waals surface area contributed by atoms with Crippen molar-refractivity contribution in [3.05, 3.63) is 75.0 Å². The fourth-order valence-corrected chi connectivity index (χ4v) is 3.65. The van der Waals surface area contributed by atoms with Crippen LogP contribution in [0.15, 0.2) is 53.3 Å². The topological polar surface area (TPSA) is 76.5 Å². The molecule has 0 fully saturated rings. The third-order valence-corrected chi connectivity index (χ3v) is 5.67. The number of aryl methyl sites for hydroxylation is 2. The average Bonchev–Trinajstić information content (AvgIpc) is 2.79. The van der Waals surface area contributed by atoms with Crippen LogP contribution in [0.5, 0.6) is 5.88 Å². The van der Waals surface area contributed by atoms with E-state index in [4.69, 9.17) is 16.3 Å². The Morgan fingerprint density at radius 2 is 1.82 bits per heavy atom. The van der Waals surface area contributed by atoms with Gasteiger partial charge >= 0.3 is 0 Å². The molecule has 0 aliphatic heterocycles. The molecule has 0 radical (unpaired) electrons. The highest BCUT2D eigenvalue weighted by Crippen LogP contribution is 2.23. The van der Waals surface area contributed by atoms with Gasteiger partial charge < -0.3 is 15.0 Å². The van der Waals surface area contributed by atoms with Crippen LogP contribution in [0, 0.1) is 13.8 Å². The predicted octanol–water partition coefficient (Wildman–Crippen LogP) is 4.75. The molecule has 1 aromatic heterocycles. The standard InChI is InChI=1S/C25H29ClN4O3/c1-6-29(7-2)20-10-11-21(17(4)14-20)27-25(32)18(5)33-23-12-13-24(31)30(28-23)22-15-19(26)9-8-16(22)3/h8-15,18H,6-7H2,1-5H3,(H,27,32). The van der Waals surface area contributed by atoms with Gasteiger partial charge in [-0.05, 0) is 76.1 Å². The fourth-order valence-electron chi connectivity index (χ4n) is 3.48. The van der Waals surface area contributed by atoms with Crippen molar-refractivity contribution in [3.63, 3.8) is 0 Å². The quantitative estimate of drug-likeness (QED) is 0.516. The van der Waals surface area contributed by atoms with Gasteiger partial charge in [0.2, 0.25) is 5.88 Å². The van der Waals surface area contributed by atoms with Gasteiger partial charge in [0.1, 0.15) is 0 Å². The van der Waals surface area contributed by atoms with E-state index in [2.05, 4.69) is 35.2 Å². The number of hydrogen-bond acceptors (Lipinski definition) is 5. The molecule has 0 bridgehead atoms. The Hall–Kier alpha value is -3.32. The van der Waals surface area contributed by atoms with Crippen molar-refractivity contribution in [1.82, 2.24) is 9.78 Å². The molecule has 174 valence electrons. The van der Waals surface area contributed by atoms with Gasteiger partial charge in [-0.15, -0.1) is 5.10 Å². The van der Waals surface area contributed by atoms with Crippen molar-refractivity contribution in [2.75, 3.05) is 23.3 Å². The Kier molecular flexibility index (Phi) is 7.76. The second-order valence-corrected chi connectivity index (χ2v) is 8.21. The molecule has 1 amide bonds. The maximum Gasteiger partial charge on any atom is 0.271 e. The molecule has 3 aromatic rings. The zero-order valence-corrected chi connectivity index (χ0v) is 20.3. The lowest BCUT2D eigenvalue weighted by Crippen LogP contribution is -2.31. The van der Waals surface area contributed by atoms with Crippen molar-refractivity contribution in [2.45, 2.75) is 40.7 Å². The number of anilines is 2. The lowest BCUT2D eigenvalue weighted by Gasteiger charge is -2.22. The number of hydrogen-bond donors (Lipinski definition) is 1. The number of carbonyl (C=O) groups excluding carboxylic acids is 1. The Morgan fingerprint density at radius 1 is 1.09 bits per heavy atom. The molecule has 1 unspecified atom stereocenters. The summed E-state index contributed by atoms with van der Waals surface area (Å²) < 4.78 is 6.97. The fraction of sp³-hybridized carbons (Fsp3) is 0.320. The maximum absolute atomic E-state index is 12.8. The number of nitrogens with one attached hydrogen (secondary N) is 1. The van der Waals surface area contributed by atoms with Crippen molar-refractivity contribution in [3.8, 4) is 11.6 Å². The van der Waals surface area contributed by atoms with E-state index in [0.717, 1.165) is 35.6 Å². The molecule has 0 aliphatic carbocycles. The highest BCUT2D eigenvalue weighted by Gasteiger charge is 2.18. The Balaban J connectivity index is 1.75. The number of aromatic nitrogens is 2. The van der Waals surface area contributed by atoms with Crippen LogP contribution >= 0.6 is 11.6 Å². The zero-order valence-electron chi connectivity index (χ0n) is 19.6. The van der Waals surface area contributed by atoms with Gasteiger partial charge in [0.15, 0.2) is 6.10 Å². The highest BCUT2D eigenvalue weighted by molar-refractivity contribution is 6.30. The monoisotopic (exact) mass is 468 g/mol. The number of ether oxygens (including phenoxy) is 1. The van der Waals surface area contributed by atoms with Gasteiger partial charge in [0.05, 0.1) is 5.69 Å². The van der Waals surface area contributed by atoms with E-state index in [0.29, 0.717) is 10.7 Å². The molecule has 0 saturated carbocycles. The summed E-state index contributed by atoms with van der Waals surface area (Å²) >= 11 is 6.09. The van der Waals surface area contributed by atoms with E-state index in [-0.39, 0.29) is 17.3 Å². The summed E-state index contributed by atoms with van der Waals surface area (Å²) in [5.41, 5.74) is 3.86. The van der Waals surface area contributed by atoms with E-state index in [9.17, 15) is 9.59 Å². The van der Waals surface area contributed by atoms with Crippen LogP contribution in [0.3, 0.4) is 0 Å². The van der Waals surface area contributed by atoms with Crippen LogP contribution in [0.25, 0.3) is 5.69 Å². The third kappa shape index (κ3) is 5.73. The van der Waals surface area contributed by atoms with E-state index < -0.39 is 6.10 Å². The van der Waals surface area contributed by atoms with Gasteiger partial charge in [0.25, 0.3) is 11.5 Å². The molecule has 0 spiro atoms. The first-order valence-corrected chi connectivity index (χ1v) is 11.3. The first-order valence-electron chi connectivity index (χ1n) is 10.9. The summed E-state index contributed by atoms with van der Waals surface area (Å²) in [6.45, 7) is 11.5. The molecule has 0 saturated heterocycles. The van der Waals surface area contributed by atoms with Crippen LogP contribution in [0.2, 0.25) is 5.02 Å². The van der Waals surface area contributed by atoms with Gasteiger partial charge in [-0.2, -0.15) is 4.68 Å². The molecular weight excluding hydrogens is 440 g/mol. The molecule has 8 heteroatoms. The van der Waals surface area contributed by atoms with Crippen LogP contribution < -0.4 is 20.5 Å². The van der Waals surface area contributed by atoms with E-state index >= 15 is 0 Å². The average molecular weight is 469 g/mol. The molecular formula is C25H29ClN4O3. The van der Waals surface area contributed by atoms with Crippen LogP contribution in [-0.4, -0.2) is 34.9 Å². The second-order valence-electron chi connectivity index (χ2n) is 7.77. The summed E-state index contributed by atoms with van der Waals surface area (Å²) in [6, 6.07) is 14.0. The van der Waals surface area contributed by atoms with Crippen molar-refractivity contribution < 1.29 is 9.53 Å². The van der Waals surface area contributed by atoms with E-state index in [1.807, 2.05) is 32.0 Å². The summed E-state index contributed by atoms with van der Waals surface area (Å²) in [5.74, 6) is -0.155. The smallest absolute Gasteiger partial charge is 0.271 e. The van der Waals surface area contributed by atoms with Gasteiger partial charge in [-0.25, -0.2) is 0 Å². The molecule has 33 heavy (non-hydrogen) atoms. The van der Waals surface area contributed by atoms with Crippen LogP contribution in [-0.2, 0) is 4.79 Å². The van der Waals surface area contributed by atoms with Gasteiger partial charge in [-0.1, -0.05) is 17.7 Å². The maximum atomic E-state index is 12.8. The predicted molar refractivity (Wildman–Crippen MR) is 133 cm³/mol. The van der Waals surface area contributed by atoms with Gasteiger partial charge in [0, 0.05) is 41.6 Å². The third-order valence-electron chi connectivity index (χ3n) is 5.44. The summed E-state index contributed by atoms with van der Waals surface area (Å²) in [4.78, 5) is 27.4. The Morgan fingerprint density at radius 3 is 2.48 bits per heavy atom. The number of benzene rings is 2. The molecule has 0 aliphatic rings. The second kappa shape index (κ2) is 10.5. The Bertz CT molecular complexity index is 1200. The lowest BCUT2D eigenvalue weighted by atomic mass is 10.1. The van der Waals surface area contributed by atoms with Crippen LogP contribution in [0.4, 0.5) is 11.4 Å². The SMILES string of the molecule is CCN(CC)c1ccc(NC(=O)C(C)Oc2ccc(=O)n(-c3cc(Cl)ccc3C)n2)c(C)c1. The number of nitrogens with zero attached hydrogens (tertiary/aromatic N) is 3. The molecule has 3 rings (SSSR count). The molecule has 1 atom stereocenters. The van der Waals surface area contributed by atoms with Crippen molar-refractivity contribution >= 4 is 28.9 Å². The minimum atomic E-state index is -0.828. The first-order chi connectivity index (χ1) is 15.7. The van der Waals surface area contributed by atoms with Crippen molar-refractivity contribution in [2.24, 2.45) is 0 Å². The lowest BCUT2D eigenvalue weighted by molar-refractivity contribution is -0.122. The van der Waals surface area contributed by atoms with Crippen LogP contribution in [0.1, 0.15) is 31.9 Å². The Labute approximate surface area is 198 Å². The van der Waals surface area contributed by atoms with E-state index in [1.54, 1.807) is 19.1 Å². The molecule has 1 N–H and O–H groups in total. The summed E-state index contributed by atoms with van der Waals surface area (Å²) in [5, 5.41) is 7.68. The minimum Gasteiger partial charge on any atom is -0.463 e. The molecule has 2 aromatic carbocycles. The first kappa shape index (κ1) is 24.3. The normalized spacial score (nSPS) is 11.7.